The monoisotopic (exact) mass is 553 g/mol. The molecule has 8 nitrogen and oxygen atoms in total. The largest absolute Gasteiger partial charge is 0.494 e. The van der Waals surface area contributed by atoms with Crippen molar-refractivity contribution in [2.24, 2.45) is 5.10 Å². The highest BCUT2D eigenvalue weighted by atomic mass is 16.6. The summed E-state index contributed by atoms with van der Waals surface area (Å²) in [5, 5.41) is 5.10. The number of esters is 1. The van der Waals surface area contributed by atoms with Crippen LogP contribution in [0.1, 0.15) is 55.9 Å². The van der Waals surface area contributed by atoms with E-state index in [2.05, 4.69) is 25.5 Å². The second-order valence-electron chi connectivity index (χ2n) is 9.90. The Hall–Kier alpha value is -4.72. The molecule has 0 atom stereocenters. The highest BCUT2D eigenvalue weighted by Gasteiger charge is 2.19. The van der Waals surface area contributed by atoms with E-state index in [1.807, 2.05) is 44.2 Å². The van der Waals surface area contributed by atoms with Gasteiger partial charge in [-0.15, -0.1) is 6.58 Å². The maximum Gasteiger partial charge on any atom is 0.308 e. The number of fused-ring (bicyclic) bond motifs is 1. The molecule has 3 aromatic carbocycles. The molecule has 0 N–H and O–H groups in total. The number of rotatable bonds is 10. The Labute approximate surface area is 239 Å². The first-order valence-corrected chi connectivity index (χ1v) is 13.5. The van der Waals surface area contributed by atoms with E-state index in [0.29, 0.717) is 52.4 Å². The van der Waals surface area contributed by atoms with E-state index >= 15 is 0 Å². The zero-order chi connectivity index (χ0) is 29.7. The fourth-order valence-corrected chi connectivity index (χ4v) is 4.68. The summed E-state index contributed by atoms with van der Waals surface area (Å²) in [7, 11) is 1.50. The number of ether oxygens (including phenoxy) is 3. The summed E-state index contributed by atoms with van der Waals surface area (Å²) in [5.41, 5.74) is 4.34. The van der Waals surface area contributed by atoms with Crippen molar-refractivity contribution in [3.8, 4) is 28.6 Å². The molecule has 0 aliphatic carbocycles. The Balaban J connectivity index is 1.95. The molecule has 0 unspecified atom stereocenters. The van der Waals surface area contributed by atoms with Crippen molar-refractivity contribution in [1.29, 1.82) is 0 Å². The van der Waals surface area contributed by atoms with Gasteiger partial charge in [0, 0.05) is 18.1 Å². The SMILES string of the molecule is C=CCc1cc(C=Nn2c(-c3cc(C(C)C)c(OCC)cc3C)nc3ccccc3c2=O)cc(OC)c1OC(C)=O. The molecule has 0 amide bonds. The van der Waals surface area contributed by atoms with Crippen LogP contribution < -0.4 is 19.8 Å². The third kappa shape index (κ3) is 6.22. The van der Waals surface area contributed by atoms with Crippen LogP contribution in [-0.4, -0.2) is 35.6 Å². The third-order valence-corrected chi connectivity index (χ3v) is 6.58. The van der Waals surface area contributed by atoms with E-state index in [0.717, 1.165) is 22.4 Å². The summed E-state index contributed by atoms with van der Waals surface area (Å²) < 4.78 is 18.2. The summed E-state index contributed by atoms with van der Waals surface area (Å²) in [6, 6.07) is 14.8. The van der Waals surface area contributed by atoms with Crippen molar-refractivity contribution >= 4 is 23.1 Å². The van der Waals surface area contributed by atoms with Gasteiger partial charge in [-0.05, 0) is 79.3 Å². The molecule has 0 spiro atoms. The first-order chi connectivity index (χ1) is 19.7. The number of nitrogens with zero attached hydrogens (tertiary/aromatic N) is 3. The van der Waals surface area contributed by atoms with Crippen molar-refractivity contribution in [1.82, 2.24) is 9.66 Å². The average Bonchev–Trinajstić information content (AvgIpc) is 2.93. The second kappa shape index (κ2) is 12.6. The number of aryl methyl sites for hydroxylation is 1. The van der Waals surface area contributed by atoms with Crippen molar-refractivity contribution in [2.45, 2.75) is 47.0 Å². The van der Waals surface area contributed by atoms with Crippen LogP contribution in [0.2, 0.25) is 0 Å². The molecule has 0 saturated carbocycles. The van der Waals surface area contributed by atoms with Crippen LogP contribution in [0.4, 0.5) is 0 Å². The molecule has 0 radical (unpaired) electrons. The van der Waals surface area contributed by atoms with E-state index in [-0.39, 0.29) is 11.5 Å². The standard InChI is InChI=1S/C33H35N3O5/c1-8-12-24-16-23(17-30(39-7)31(24)41-22(6)37)19-34-36-32(35-28-14-11-10-13-25(28)33(36)38)27-18-26(20(3)4)29(40-9-2)15-21(27)5/h8,10-11,13-20H,1,9,12H2,2-7H3. The predicted molar refractivity (Wildman–Crippen MR) is 163 cm³/mol. The molecular weight excluding hydrogens is 518 g/mol. The lowest BCUT2D eigenvalue weighted by atomic mass is 9.96. The van der Waals surface area contributed by atoms with Crippen molar-refractivity contribution < 1.29 is 19.0 Å². The fraction of sp³-hybridized carbons (Fsp3) is 0.273. The highest BCUT2D eigenvalue weighted by Crippen LogP contribution is 2.35. The fourth-order valence-electron chi connectivity index (χ4n) is 4.68. The zero-order valence-electron chi connectivity index (χ0n) is 24.4. The molecule has 4 aromatic rings. The Kier molecular flexibility index (Phi) is 9.02. The minimum atomic E-state index is -0.458. The summed E-state index contributed by atoms with van der Waals surface area (Å²) in [5.74, 6) is 1.66. The minimum Gasteiger partial charge on any atom is -0.494 e. The van der Waals surface area contributed by atoms with Crippen molar-refractivity contribution in [3.05, 3.63) is 93.8 Å². The molecule has 1 heterocycles. The van der Waals surface area contributed by atoms with Crippen molar-refractivity contribution in [2.75, 3.05) is 13.7 Å². The van der Waals surface area contributed by atoms with E-state index in [1.165, 1.54) is 18.7 Å². The van der Waals surface area contributed by atoms with E-state index in [9.17, 15) is 9.59 Å². The summed E-state index contributed by atoms with van der Waals surface area (Å²) >= 11 is 0. The highest BCUT2D eigenvalue weighted by molar-refractivity contribution is 5.84. The molecule has 0 fully saturated rings. The lowest BCUT2D eigenvalue weighted by Crippen LogP contribution is -2.21. The molecule has 0 saturated heterocycles. The van der Waals surface area contributed by atoms with Crippen molar-refractivity contribution in [3.63, 3.8) is 0 Å². The number of carbonyl (C=O) groups excluding carboxylic acids is 1. The summed E-state index contributed by atoms with van der Waals surface area (Å²) in [6.45, 7) is 13.8. The number of para-hydroxylation sites is 1. The molecule has 41 heavy (non-hydrogen) atoms. The quantitative estimate of drug-likeness (QED) is 0.0972. The van der Waals surface area contributed by atoms with Crippen LogP contribution in [0.3, 0.4) is 0 Å². The lowest BCUT2D eigenvalue weighted by Gasteiger charge is -2.18. The Morgan fingerprint density at radius 2 is 1.90 bits per heavy atom. The molecule has 212 valence electrons. The second-order valence-corrected chi connectivity index (χ2v) is 9.90. The molecule has 0 aliphatic rings. The van der Waals surface area contributed by atoms with Gasteiger partial charge in [-0.1, -0.05) is 32.1 Å². The maximum absolute atomic E-state index is 13.8. The van der Waals surface area contributed by atoms with Gasteiger partial charge in [0.1, 0.15) is 5.75 Å². The molecule has 0 bridgehead atoms. The van der Waals surface area contributed by atoms with Crippen LogP contribution in [0.25, 0.3) is 22.3 Å². The van der Waals surface area contributed by atoms with Crippen LogP contribution in [0.5, 0.6) is 17.2 Å². The van der Waals surface area contributed by atoms with Gasteiger partial charge in [-0.3, -0.25) is 9.59 Å². The Bertz CT molecular complexity index is 1700. The minimum absolute atomic E-state index is 0.187. The van der Waals surface area contributed by atoms with Gasteiger partial charge in [-0.2, -0.15) is 9.78 Å². The maximum atomic E-state index is 13.8. The molecule has 1 aromatic heterocycles. The normalized spacial score (nSPS) is 11.3. The van der Waals surface area contributed by atoms with Gasteiger partial charge in [0.05, 0.1) is 30.8 Å². The number of hydrogen-bond donors (Lipinski definition) is 0. The third-order valence-electron chi connectivity index (χ3n) is 6.58. The number of allylic oxidation sites excluding steroid dienone is 1. The molecule has 4 rings (SSSR count). The van der Waals surface area contributed by atoms with Crippen LogP contribution in [0, 0.1) is 6.92 Å². The van der Waals surface area contributed by atoms with Gasteiger partial charge in [0.25, 0.3) is 5.56 Å². The predicted octanol–water partition coefficient (Wildman–Crippen LogP) is 6.44. The first-order valence-electron chi connectivity index (χ1n) is 13.5. The molecular formula is C33H35N3O5. The van der Waals surface area contributed by atoms with Crippen LogP contribution in [0.15, 0.2) is 71.1 Å². The van der Waals surface area contributed by atoms with E-state index in [1.54, 1.807) is 30.5 Å². The lowest BCUT2D eigenvalue weighted by molar-refractivity contribution is -0.132. The smallest absolute Gasteiger partial charge is 0.308 e. The Morgan fingerprint density at radius 3 is 2.56 bits per heavy atom. The van der Waals surface area contributed by atoms with E-state index in [4.69, 9.17) is 19.2 Å². The first kappa shape index (κ1) is 29.3. The van der Waals surface area contributed by atoms with Gasteiger partial charge >= 0.3 is 5.97 Å². The number of carbonyl (C=O) groups is 1. The van der Waals surface area contributed by atoms with E-state index < -0.39 is 5.97 Å². The summed E-state index contributed by atoms with van der Waals surface area (Å²) in [6.07, 6.45) is 3.72. The zero-order valence-corrected chi connectivity index (χ0v) is 24.4. The van der Waals surface area contributed by atoms with Gasteiger partial charge in [0.15, 0.2) is 17.3 Å². The Morgan fingerprint density at radius 1 is 1.15 bits per heavy atom. The number of aromatic nitrogens is 2. The van der Waals surface area contributed by atoms with Gasteiger partial charge in [-0.25, -0.2) is 4.98 Å². The summed E-state index contributed by atoms with van der Waals surface area (Å²) in [4.78, 5) is 30.4. The molecule has 0 aliphatic heterocycles. The molecule has 8 heteroatoms. The number of hydrogen-bond acceptors (Lipinski definition) is 7. The van der Waals surface area contributed by atoms with Crippen LogP contribution in [-0.2, 0) is 11.2 Å². The van der Waals surface area contributed by atoms with Gasteiger partial charge < -0.3 is 14.2 Å². The average molecular weight is 554 g/mol. The van der Waals surface area contributed by atoms with Gasteiger partial charge in [0.2, 0.25) is 0 Å². The van der Waals surface area contributed by atoms with Crippen LogP contribution >= 0.6 is 0 Å². The number of benzene rings is 3. The topological polar surface area (TPSA) is 92.0 Å². The number of methoxy groups -OCH3 is 1.